The fraction of sp³-hybridized carbons (Fsp3) is 0.167. The SMILES string of the molecule is C=C1CCC(=C)c2cc(N)ccc21. The second-order valence-electron chi connectivity index (χ2n) is 3.51. The average Bonchev–Trinajstić information content (AvgIpc) is 2.12. The fourth-order valence-electron chi connectivity index (χ4n) is 1.73. The van der Waals surface area contributed by atoms with E-state index in [0.717, 1.165) is 18.5 Å². The second kappa shape index (κ2) is 2.77. The highest BCUT2D eigenvalue weighted by Crippen LogP contribution is 2.36. The molecule has 1 heteroatoms. The molecule has 2 N–H and O–H groups in total. The Balaban J connectivity index is 2.63. The van der Waals surface area contributed by atoms with Gasteiger partial charge in [0, 0.05) is 5.69 Å². The fourth-order valence-corrected chi connectivity index (χ4v) is 1.73. The predicted molar refractivity (Wildman–Crippen MR) is 58.2 cm³/mol. The molecule has 0 aliphatic heterocycles. The molecule has 0 spiro atoms. The molecule has 0 aromatic heterocycles. The van der Waals surface area contributed by atoms with E-state index >= 15 is 0 Å². The summed E-state index contributed by atoms with van der Waals surface area (Å²) in [7, 11) is 0. The highest BCUT2D eigenvalue weighted by Gasteiger charge is 2.14. The van der Waals surface area contributed by atoms with Crippen molar-refractivity contribution in [1.82, 2.24) is 0 Å². The van der Waals surface area contributed by atoms with Crippen LogP contribution in [0.25, 0.3) is 11.1 Å². The first-order chi connectivity index (χ1) is 6.18. The van der Waals surface area contributed by atoms with Crippen LogP contribution >= 0.6 is 0 Å². The third-order valence-corrected chi connectivity index (χ3v) is 2.53. The van der Waals surface area contributed by atoms with Gasteiger partial charge in [-0.2, -0.15) is 0 Å². The normalized spacial score (nSPS) is 15.7. The Morgan fingerprint density at radius 1 is 1.00 bits per heavy atom. The van der Waals surface area contributed by atoms with Crippen molar-refractivity contribution >= 4 is 16.8 Å². The Morgan fingerprint density at radius 3 is 2.31 bits per heavy atom. The van der Waals surface area contributed by atoms with Crippen LogP contribution in [0.15, 0.2) is 31.4 Å². The largest absolute Gasteiger partial charge is 0.399 e. The number of fused-ring (bicyclic) bond motifs is 1. The lowest BCUT2D eigenvalue weighted by atomic mass is 9.85. The lowest BCUT2D eigenvalue weighted by Crippen LogP contribution is -2.00. The summed E-state index contributed by atoms with van der Waals surface area (Å²) in [6.07, 6.45) is 2.03. The summed E-state index contributed by atoms with van der Waals surface area (Å²) < 4.78 is 0. The Kier molecular flexibility index (Phi) is 1.73. The zero-order valence-electron chi connectivity index (χ0n) is 7.64. The topological polar surface area (TPSA) is 26.0 Å². The van der Waals surface area contributed by atoms with Gasteiger partial charge in [0.25, 0.3) is 0 Å². The predicted octanol–water partition coefficient (Wildman–Crippen LogP) is 3.09. The molecule has 1 nitrogen and oxygen atoms in total. The summed E-state index contributed by atoms with van der Waals surface area (Å²) >= 11 is 0. The molecule has 1 aromatic carbocycles. The molecule has 1 aliphatic carbocycles. The van der Waals surface area contributed by atoms with E-state index in [9.17, 15) is 0 Å². The van der Waals surface area contributed by atoms with Crippen LogP contribution in [0.5, 0.6) is 0 Å². The number of benzene rings is 1. The van der Waals surface area contributed by atoms with Crippen molar-refractivity contribution in [3.05, 3.63) is 42.5 Å². The third-order valence-electron chi connectivity index (χ3n) is 2.53. The molecular formula is C12H13N. The van der Waals surface area contributed by atoms with E-state index in [4.69, 9.17) is 5.73 Å². The first-order valence-corrected chi connectivity index (χ1v) is 4.44. The molecule has 1 aromatic rings. The van der Waals surface area contributed by atoms with Crippen LogP contribution in [-0.4, -0.2) is 0 Å². The van der Waals surface area contributed by atoms with Crippen LogP contribution < -0.4 is 5.73 Å². The molecule has 66 valence electrons. The summed E-state index contributed by atoms with van der Waals surface area (Å²) in [5, 5.41) is 0. The summed E-state index contributed by atoms with van der Waals surface area (Å²) in [5.41, 5.74) is 11.3. The van der Waals surface area contributed by atoms with E-state index < -0.39 is 0 Å². The van der Waals surface area contributed by atoms with Crippen molar-refractivity contribution in [2.45, 2.75) is 12.8 Å². The molecule has 0 heterocycles. The lowest BCUT2D eigenvalue weighted by molar-refractivity contribution is 1.06. The van der Waals surface area contributed by atoms with Gasteiger partial charge in [0.05, 0.1) is 0 Å². The van der Waals surface area contributed by atoms with Crippen molar-refractivity contribution in [3.8, 4) is 0 Å². The number of nitrogens with two attached hydrogens (primary N) is 1. The lowest BCUT2D eigenvalue weighted by Gasteiger charge is -2.20. The number of anilines is 1. The van der Waals surface area contributed by atoms with Crippen LogP contribution in [0.3, 0.4) is 0 Å². The molecule has 0 amide bonds. The molecular weight excluding hydrogens is 158 g/mol. The molecule has 1 aliphatic rings. The zero-order valence-corrected chi connectivity index (χ0v) is 7.64. The van der Waals surface area contributed by atoms with Crippen molar-refractivity contribution < 1.29 is 0 Å². The standard InChI is InChI=1S/C12H13N/c1-8-3-4-9(2)12-7-10(13)5-6-11(8)12/h5-7H,1-4,13H2. The van der Waals surface area contributed by atoms with Gasteiger partial charge in [-0.3, -0.25) is 0 Å². The van der Waals surface area contributed by atoms with Gasteiger partial charge in [0.2, 0.25) is 0 Å². The number of allylic oxidation sites excluding steroid dienone is 2. The molecule has 2 rings (SSSR count). The van der Waals surface area contributed by atoms with Gasteiger partial charge >= 0.3 is 0 Å². The molecule has 0 radical (unpaired) electrons. The van der Waals surface area contributed by atoms with Crippen molar-refractivity contribution in [2.24, 2.45) is 0 Å². The highest BCUT2D eigenvalue weighted by molar-refractivity contribution is 5.84. The van der Waals surface area contributed by atoms with E-state index in [1.54, 1.807) is 0 Å². The minimum atomic E-state index is 0.801. The number of hydrogen-bond donors (Lipinski definition) is 1. The van der Waals surface area contributed by atoms with Crippen LogP contribution in [0.2, 0.25) is 0 Å². The Morgan fingerprint density at radius 2 is 1.62 bits per heavy atom. The zero-order chi connectivity index (χ0) is 9.42. The minimum Gasteiger partial charge on any atom is -0.399 e. The van der Waals surface area contributed by atoms with Gasteiger partial charge < -0.3 is 5.73 Å². The van der Waals surface area contributed by atoms with Crippen LogP contribution in [0.1, 0.15) is 24.0 Å². The first-order valence-electron chi connectivity index (χ1n) is 4.44. The van der Waals surface area contributed by atoms with E-state index in [1.165, 1.54) is 22.3 Å². The summed E-state index contributed by atoms with van der Waals surface area (Å²) in [6.45, 7) is 8.07. The summed E-state index contributed by atoms with van der Waals surface area (Å²) in [4.78, 5) is 0. The average molecular weight is 171 g/mol. The monoisotopic (exact) mass is 171 g/mol. The maximum absolute atomic E-state index is 5.72. The van der Waals surface area contributed by atoms with Crippen molar-refractivity contribution in [1.29, 1.82) is 0 Å². The highest BCUT2D eigenvalue weighted by atomic mass is 14.5. The maximum atomic E-state index is 5.72. The molecule has 13 heavy (non-hydrogen) atoms. The van der Waals surface area contributed by atoms with E-state index in [2.05, 4.69) is 13.2 Å². The van der Waals surface area contributed by atoms with Crippen LogP contribution in [0.4, 0.5) is 5.69 Å². The Hall–Kier alpha value is -1.50. The van der Waals surface area contributed by atoms with E-state index in [-0.39, 0.29) is 0 Å². The quantitative estimate of drug-likeness (QED) is 0.596. The number of hydrogen-bond acceptors (Lipinski definition) is 1. The van der Waals surface area contributed by atoms with Gasteiger partial charge in [0.15, 0.2) is 0 Å². The third kappa shape index (κ3) is 1.26. The maximum Gasteiger partial charge on any atom is 0.0320 e. The molecule has 0 saturated carbocycles. The van der Waals surface area contributed by atoms with Gasteiger partial charge in [-0.05, 0) is 47.2 Å². The molecule has 0 bridgehead atoms. The van der Waals surface area contributed by atoms with Gasteiger partial charge in [-0.15, -0.1) is 0 Å². The number of rotatable bonds is 0. The van der Waals surface area contributed by atoms with Gasteiger partial charge in [-0.25, -0.2) is 0 Å². The number of nitrogen functional groups attached to an aromatic ring is 1. The van der Waals surface area contributed by atoms with Gasteiger partial charge in [-0.1, -0.05) is 19.2 Å². The van der Waals surface area contributed by atoms with Gasteiger partial charge in [0.1, 0.15) is 0 Å². The molecule has 0 saturated heterocycles. The van der Waals surface area contributed by atoms with Crippen molar-refractivity contribution in [2.75, 3.05) is 5.73 Å². The summed E-state index contributed by atoms with van der Waals surface area (Å²) in [6, 6.07) is 5.95. The minimum absolute atomic E-state index is 0.801. The van der Waals surface area contributed by atoms with Crippen LogP contribution in [0, 0.1) is 0 Å². The summed E-state index contributed by atoms with van der Waals surface area (Å²) in [5.74, 6) is 0. The molecule has 0 fully saturated rings. The first kappa shape index (κ1) is 8.11. The van der Waals surface area contributed by atoms with Crippen LogP contribution in [-0.2, 0) is 0 Å². The van der Waals surface area contributed by atoms with E-state index in [1.807, 2.05) is 18.2 Å². The van der Waals surface area contributed by atoms with Crippen molar-refractivity contribution in [3.63, 3.8) is 0 Å². The second-order valence-corrected chi connectivity index (χ2v) is 3.51. The van der Waals surface area contributed by atoms with E-state index in [0.29, 0.717) is 0 Å². The Labute approximate surface area is 78.6 Å². The molecule has 0 unspecified atom stereocenters. The smallest absolute Gasteiger partial charge is 0.0320 e. The Bertz CT molecular complexity index is 388. The molecule has 0 atom stereocenters.